The van der Waals surface area contributed by atoms with E-state index in [1.165, 1.54) is 28.9 Å². The predicted octanol–water partition coefficient (Wildman–Crippen LogP) is 1.37. The third-order valence-corrected chi connectivity index (χ3v) is 6.55. The summed E-state index contributed by atoms with van der Waals surface area (Å²) >= 11 is 0. The number of rotatable bonds is 7. The Bertz CT molecular complexity index is 1550. The molecule has 3 heterocycles. The Morgan fingerprint density at radius 2 is 1.97 bits per heavy atom. The molecule has 2 atom stereocenters. The van der Waals surface area contributed by atoms with Crippen LogP contribution >= 0.6 is 0 Å². The van der Waals surface area contributed by atoms with Crippen molar-refractivity contribution in [1.29, 1.82) is 0 Å². The molecule has 0 aliphatic carbocycles. The molecule has 4 rings (SSSR count). The highest BCUT2D eigenvalue weighted by Gasteiger charge is 2.46. The van der Waals surface area contributed by atoms with Gasteiger partial charge in [0.1, 0.15) is 11.6 Å². The molecule has 0 fully saturated rings. The van der Waals surface area contributed by atoms with Crippen molar-refractivity contribution < 1.29 is 36.3 Å². The maximum Gasteiger partial charge on any atom is 0.408 e. The van der Waals surface area contributed by atoms with Crippen molar-refractivity contribution in [3.8, 4) is 11.3 Å². The predicted molar refractivity (Wildman–Crippen MR) is 131 cm³/mol. The van der Waals surface area contributed by atoms with E-state index in [1.807, 2.05) is 0 Å². The number of nitrogens with zero attached hydrogens (tertiary/aromatic N) is 4. The second-order valence-corrected chi connectivity index (χ2v) is 10.7. The molecule has 3 aromatic rings. The molecule has 2 amide bonds. The normalized spacial score (nSPS) is 15.4. The van der Waals surface area contributed by atoms with Crippen LogP contribution in [0.2, 0.25) is 0 Å². The fourth-order valence-electron chi connectivity index (χ4n) is 4.06. The molecule has 1 aliphatic heterocycles. The van der Waals surface area contributed by atoms with Crippen LogP contribution in [0.3, 0.4) is 0 Å². The van der Waals surface area contributed by atoms with E-state index in [-0.39, 0.29) is 51.7 Å². The Kier molecular flexibility index (Phi) is 6.73. The van der Waals surface area contributed by atoms with Crippen molar-refractivity contribution in [2.24, 2.45) is 0 Å². The summed E-state index contributed by atoms with van der Waals surface area (Å²) in [7, 11) is -3.92. The van der Waals surface area contributed by atoms with E-state index in [2.05, 4.69) is 20.1 Å². The van der Waals surface area contributed by atoms with Crippen molar-refractivity contribution >= 4 is 39.0 Å². The van der Waals surface area contributed by atoms with Crippen LogP contribution in [0.15, 0.2) is 24.4 Å². The number of aliphatic hydroxyl groups excluding tert-OH is 1. The van der Waals surface area contributed by atoms with Crippen molar-refractivity contribution in [1.82, 2.24) is 24.8 Å². The number of nitrogen functional groups attached to an aromatic ring is 1. The van der Waals surface area contributed by atoms with Crippen LogP contribution in [0.5, 0.6) is 0 Å². The van der Waals surface area contributed by atoms with Gasteiger partial charge in [-0.15, -0.1) is 5.10 Å². The van der Waals surface area contributed by atoms with Crippen molar-refractivity contribution in [2.45, 2.75) is 38.7 Å². The second kappa shape index (κ2) is 9.43. The number of amides is 2. The van der Waals surface area contributed by atoms with Gasteiger partial charge in [-0.05, 0) is 37.6 Å². The molecule has 0 bridgehead atoms. The Morgan fingerprint density at radius 1 is 1.29 bits per heavy atom. The summed E-state index contributed by atoms with van der Waals surface area (Å²) in [6.07, 6.45) is -2.40. The molecule has 38 heavy (non-hydrogen) atoms. The minimum absolute atomic E-state index is 0.0455. The van der Waals surface area contributed by atoms with Gasteiger partial charge in [0, 0.05) is 24.3 Å². The Morgan fingerprint density at radius 3 is 2.58 bits per heavy atom. The summed E-state index contributed by atoms with van der Waals surface area (Å²) in [5.74, 6) is -1.74. The molecule has 0 radical (unpaired) electrons. The van der Waals surface area contributed by atoms with E-state index in [0.717, 1.165) is 13.2 Å². The molecular weight excluding hydrogens is 531 g/mol. The van der Waals surface area contributed by atoms with Crippen LogP contribution in [-0.4, -0.2) is 76.0 Å². The van der Waals surface area contributed by atoms with Gasteiger partial charge in [-0.2, -0.15) is 13.2 Å². The smallest absolute Gasteiger partial charge is 0.394 e. The minimum atomic E-state index is -4.69. The number of fused-ring (bicyclic) bond motifs is 2. The first-order valence-electron chi connectivity index (χ1n) is 11.2. The Labute approximate surface area is 214 Å². The van der Waals surface area contributed by atoms with Gasteiger partial charge < -0.3 is 21.1 Å². The summed E-state index contributed by atoms with van der Waals surface area (Å²) in [6.45, 7) is 1.69. The lowest BCUT2D eigenvalue weighted by atomic mass is 10.0. The second-order valence-electron chi connectivity index (χ2n) is 8.98. The Balaban J connectivity index is 1.84. The zero-order chi connectivity index (χ0) is 28.2. The third-order valence-electron chi connectivity index (χ3n) is 5.96. The third kappa shape index (κ3) is 5.08. The van der Waals surface area contributed by atoms with Crippen LogP contribution in [0, 0.1) is 0 Å². The van der Waals surface area contributed by atoms with Gasteiger partial charge in [0.2, 0.25) is 10.0 Å². The number of aliphatic hydroxyl groups is 1. The molecule has 5 N–H and O–H groups in total. The molecule has 0 spiro atoms. The summed E-state index contributed by atoms with van der Waals surface area (Å²) in [5, 5.41) is 15.8. The molecule has 1 aliphatic rings. The van der Waals surface area contributed by atoms with Gasteiger partial charge in [0.25, 0.3) is 11.8 Å². The highest BCUT2D eigenvalue weighted by Crippen LogP contribution is 2.38. The first-order valence-corrected chi connectivity index (χ1v) is 13.1. The minimum Gasteiger partial charge on any atom is -0.394 e. The summed E-state index contributed by atoms with van der Waals surface area (Å²) < 4.78 is 67.7. The number of benzene rings is 1. The number of halogens is 3. The SMILES string of the molecule is C[C@H](CO)NC(=O)c1c(N)nn2ccc(-c3cc4c(c(NS(C)(=O)=O)c3)C(=O)N([C@@H](C)C(F)(F)F)C4)nc12. The van der Waals surface area contributed by atoms with Gasteiger partial charge in [0.15, 0.2) is 11.5 Å². The fraction of sp³-hybridized carbons (Fsp3) is 0.364. The number of anilines is 2. The number of nitrogens with two attached hydrogens (primary N) is 1. The van der Waals surface area contributed by atoms with Crippen LogP contribution in [0.1, 0.15) is 40.1 Å². The molecule has 0 saturated heterocycles. The molecular formula is C22H24F3N7O5S. The largest absolute Gasteiger partial charge is 0.408 e. The lowest BCUT2D eigenvalue weighted by molar-refractivity contribution is -0.172. The zero-order valence-corrected chi connectivity index (χ0v) is 21.2. The molecule has 16 heteroatoms. The van der Waals surface area contributed by atoms with Crippen molar-refractivity contribution in [3.05, 3.63) is 41.1 Å². The van der Waals surface area contributed by atoms with E-state index in [4.69, 9.17) is 5.73 Å². The first kappa shape index (κ1) is 27.1. The number of hydrogen-bond donors (Lipinski definition) is 4. The van der Waals surface area contributed by atoms with Crippen molar-refractivity contribution in [3.63, 3.8) is 0 Å². The summed E-state index contributed by atoms with van der Waals surface area (Å²) in [4.78, 5) is 30.7. The number of aromatic nitrogens is 3. The molecule has 0 unspecified atom stereocenters. The quantitative estimate of drug-likeness (QED) is 0.338. The van der Waals surface area contributed by atoms with Gasteiger partial charge in [0.05, 0.1) is 29.8 Å². The van der Waals surface area contributed by atoms with Gasteiger partial charge in [-0.3, -0.25) is 14.3 Å². The van der Waals surface area contributed by atoms with E-state index in [9.17, 15) is 36.3 Å². The molecule has 12 nitrogen and oxygen atoms in total. The average molecular weight is 556 g/mol. The van der Waals surface area contributed by atoms with Gasteiger partial charge in [-0.25, -0.2) is 17.9 Å². The molecule has 0 saturated carbocycles. The van der Waals surface area contributed by atoms with Crippen LogP contribution in [-0.2, 0) is 16.6 Å². The van der Waals surface area contributed by atoms with Crippen LogP contribution in [0.25, 0.3) is 16.9 Å². The molecule has 204 valence electrons. The zero-order valence-electron chi connectivity index (χ0n) is 20.4. The van der Waals surface area contributed by atoms with E-state index < -0.39 is 46.6 Å². The fourth-order valence-corrected chi connectivity index (χ4v) is 4.62. The number of alkyl halides is 3. The number of nitrogens with one attached hydrogen (secondary N) is 2. The highest BCUT2D eigenvalue weighted by molar-refractivity contribution is 7.92. The molecule has 1 aromatic carbocycles. The summed E-state index contributed by atoms with van der Waals surface area (Å²) in [6, 6.07) is 1.52. The number of carbonyl (C=O) groups excluding carboxylic acids is 2. The lowest BCUT2D eigenvalue weighted by Gasteiger charge is -2.26. The maximum absolute atomic E-state index is 13.4. The molecule has 2 aromatic heterocycles. The number of sulfonamides is 1. The van der Waals surface area contributed by atoms with Gasteiger partial charge in [-0.1, -0.05) is 0 Å². The maximum atomic E-state index is 13.4. The first-order chi connectivity index (χ1) is 17.6. The highest BCUT2D eigenvalue weighted by atomic mass is 32.2. The Hall–Kier alpha value is -3.92. The standard InChI is InChI=1S/C22H24F3N7O5S/c1-10(9-33)27-20(34)17-18(26)29-32-5-4-14(28-19(17)32)12-6-13-8-31(11(2)22(23,24)25)21(35)16(13)15(7-12)30-38(3,36)37/h4-7,10-11,30,33H,8-9H2,1-3H3,(H2,26,29)(H,27,34)/t10-,11+/m1/s1. The van der Waals surface area contributed by atoms with E-state index >= 15 is 0 Å². The monoisotopic (exact) mass is 555 g/mol. The topological polar surface area (TPSA) is 172 Å². The summed E-state index contributed by atoms with van der Waals surface area (Å²) in [5.41, 5.74) is 6.14. The lowest BCUT2D eigenvalue weighted by Crippen LogP contribution is -2.43. The number of hydrogen-bond acceptors (Lipinski definition) is 8. The van der Waals surface area contributed by atoms with E-state index in [0.29, 0.717) is 4.90 Å². The van der Waals surface area contributed by atoms with E-state index in [1.54, 1.807) is 6.92 Å². The van der Waals surface area contributed by atoms with Crippen LogP contribution < -0.4 is 15.8 Å². The van der Waals surface area contributed by atoms with Crippen molar-refractivity contribution in [2.75, 3.05) is 23.3 Å². The van der Waals surface area contributed by atoms with Gasteiger partial charge >= 0.3 is 6.18 Å². The number of carbonyl (C=O) groups is 2. The average Bonchev–Trinajstić information content (AvgIpc) is 3.32. The van der Waals surface area contributed by atoms with Crippen LogP contribution in [0.4, 0.5) is 24.7 Å².